The third-order valence-electron chi connectivity index (χ3n) is 3.83. The van der Waals surface area contributed by atoms with Crippen LogP contribution in [0, 0.1) is 0 Å². The molecule has 28 heavy (non-hydrogen) atoms. The number of sulfonamides is 1. The van der Waals surface area contributed by atoms with E-state index < -0.39 is 10.0 Å². The molecule has 0 aliphatic heterocycles. The number of methoxy groups -OCH3 is 1. The van der Waals surface area contributed by atoms with Gasteiger partial charge in [-0.15, -0.1) is 0 Å². The van der Waals surface area contributed by atoms with Crippen LogP contribution < -0.4 is 20.1 Å². The highest BCUT2D eigenvalue weighted by Gasteiger charge is 2.23. The van der Waals surface area contributed by atoms with Gasteiger partial charge in [0.1, 0.15) is 16.4 Å². The van der Waals surface area contributed by atoms with E-state index in [2.05, 4.69) is 10.6 Å². The van der Waals surface area contributed by atoms with Gasteiger partial charge in [0, 0.05) is 25.5 Å². The Hall–Kier alpha value is -2.78. The Kier molecular flexibility index (Phi) is 7.24. The molecule has 2 N–H and O–H groups in total. The molecule has 9 heteroatoms. The first-order valence-electron chi connectivity index (χ1n) is 8.65. The Morgan fingerprint density at radius 2 is 1.71 bits per heavy atom. The standard InChI is InChI=1S/C19H25N3O5S/c1-5-27-17-11-8-15(12-18(17)28(24,25)22(2)3)20-13-19(23)21-14-6-9-16(26-4)10-7-14/h6-12,20H,5,13H2,1-4H3,(H,21,23). The Balaban J connectivity index is 2.09. The summed E-state index contributed by atoms with van der Waals surface area (Å²) >= 11 is 0. The summed E-state index contributed by atoms with van der Waals surface area (Å²) in [7, 11) is 0.782. The maximum atomic E-state index is 12.5. The first-order chi connectivity index (χ1) is 13.3. The first-order valence-corrected chi connectivity index (χ1v) is 10.1. The van der Waals surface area contributed by atoms with Gasteiger partial charge in [-0.05, 0) is 49.4 Å². The fraction of sp³-hybridized carbons (Fsp3) is 0.316. The van der Waals surface area contributed by atoms with E-state index in [4.69, 9.17) is 9.47 Å². The average molecular weight is 407 g/mol. The SMILES string of the molecule is CCOc1ccc(NCC(=O)Nc2ccc(OC)cc2)cc1S(=O)(=O)N(C)C. The molecule has 0 unspecified atom stereocenters. The van der Waals surface area contributed by atoms with Crippen molar-refractivity contribution in [3.05, 3.63) is 42.5 Å². The van der Waals surface area contributed by atoms with E-state index in [1.54, 1.807) is 50.4 Å². The number of amides is 1. The van der Waals surface area contributed by atoms with Gasteiger partial charge in [-0.2, -0.15) is 0 Å². The molecule has 2 aromatic rings. The van der Waals surface area contributed by atoms with E-state index in [1.165, 1.54) is 20.2 Å². The molecule has 0 spiro atoms. The van der Waals surface area contributed by atoms with Crippen molar-refractivity contribution < 1.29 is 22.7 Å². The molecule has 1 amide bonds. The number of carbonyl (C=O) groups excluding carboxylic acids is 1. The van der Waals surface area contributed by atoms with Crippen molar-refractivity contribution >= 4 is 27.3 Å². The molecule has 0 aliphatic carbocycles. The van der Waals surface area contributed by atoms with Crippen molar-refractivity contribution in [1.29, 1.82) is 0 Å². The normalized spacial score (nSPS) is 11.2. The lowest BCUT2D eigenvalue weighted by atomic mass is 10.3. The van der Waals surface area contributed by atoms with Crippen LogP contribution in [0.15, 0.2) is 47.4 Å². The second-order valence-corrected chi connectivity index (χ2v) is 8.13. The molecule has 0 radical (unpaired) electrons. The maximum absolute atomic E-state index is 12.5. The highest BCUT2D eigenvalue weighted by Crippen LogP contribution is 2.29. The van der Waals surface area contributed by atoms with Gasteiger partial charge in [0.25, 0.3) is 0 Å². The number of nitrogens with zero attached hydrogens (tertiary/aromatic N) is 1. The van der Waals surface area contributed by atoms with Gasteiger partial charge in [-0.1, -0.05) is 0 Å². The molecule has 0 saturated heterocycles. The Morgan fingerprint density at radius 1 is 1.07 bits per heavy atom. The van der Waals surface area contributed by atoms with Crippen LogP contribution in [0.4, 0.5) is 11.4 Å². The van der Waals surface area contributed by atoms with Crippen LogP contribution in [0.1, 0.15) is 6.92 Å². The van der Waals surface area contributed by atoms with E-state index in [0.29, 0.717) is 23.7 Å². The van der Waals surface area contributed by atoms with E-state index in [1.807, 2.05) is 0 Å². The van der Waals surface area contributed by atoms with Crippen LogP contribution in [0.25, 0.3) is 0 Å². The van der Waals surface area contributed by atoms with Gasteiger partial charge in [-0.25, -0.2) is 12.7 Å². The highest BCUT2D eigenvalue weighted by molar-refractivity contribution is 7.89. The van der Waals surface area contributed by atoms with Gasteiger partial charge in [0.2, 0.25) is 15.9 Å². The zero-order valence-corrected chi connectivity index (χ0v) is 17.2. The minimum absolute atomic E-state index is 0.0263. The van der Waals surface area contributed by atoms with E-state index in [-0.39, 0.29) is 23.1 Å². The maximum Gasteiger partial charge on any atom is 0.246 e. The summed E-state index contributed by atoms with van der Waals surface area (Å²) in [5, 5.41) is 5.68. The summed E-state index contributed by atoms with van der Waals surface area (Å²) in [4.78, 5) is 12.2. The molecular weight excluding hydrogens is 382 g/mol. The zero-order valence-electron chi connectivity index (χ0n) is 16.4. The summed E-state index contributed by atoms with van der Waals surface area (Å²) in [5.74, 6) is 0.695. The van der Waals surface area contributed by atoms with E-state index >= 15 is 0 Å². The molecule has 8 nitrogen and oxygen atoms in total. The molecule has 0 saturated carbocycles. The van der Waals surface area contributed by atoms with Crippen molar-refractivity contribution in [1.82, 2.24) is 4.31 Å². The molecular formula is C19H25N3O5S. The molecule has 0 aliphatic rings. The van der Waals surface area contributed by atoms with E-state index in [9.17, 15) is 13.2 Å². The quantitative estimate of drug-likeness (QED) is 0.663. The van der Waals surface area contributed by atoms with Crippen molar-refractivity contribution in [2.24, 2.45) is 0 Å². The summed E-state index contributed by atoms with van der Waals surface area (Å²) in [6, 6.07) is 11.7. The number of hydrogen-bond acceptors (Lipinski definition) is 6. The lowest BCUT2D eigenvalue weighted by Gasteiger charge is -2.17. The van der Waals surface area contributed by atoms with Crippen LogP contribution in [0.5, 0.6) is 11.5 Å². The zero-order chi connectivity index (χ0) is 20.7. The average Bonchev–Trinajstić information content (AvgIpc) is 2.67. The number of anilines is 2. The molecule has 0 aromatic heterocycles. The molecule has 0 bridgehead atoms. The Bertz CT molecular complexity index is 912. The van der Waals surface area contributed by atoms with Crippen LogP contribution in [-0.4, -0.2) is 53.0 Å². The van der Waals surface area contributed by atoms with Gasteiger partial charge in [0.15, 0.2) is 0 Å². The summed E-state index contributed by atoms with van der Waals surface area (Å²) in [6.07, 6.45) is 0. The summed E-state index contributed by atoms with van der Waals surface area (Å²) in [6.45, 7) is 2.09. The van der Waals surface area contributed by atoms with Crippen molar-refractivity contribution in [2.45, 2.75) is 11.8 Å². The van der Waals surface area contributed by atoms with Crippen molar-refractivity contribution in [3.8, 4) is 11.5 Å². The van der Waals surface area contributed by atoms with Gasteiger partial charge in [-0.3, -0.25) is 4.79 Å². The number of ether oxygens (including phenoxy) is 2. The monoisotopic (exact) mass is 407 g/mol. The molecule has 0 atom stereocenters. The lowest BCUT2D eigenvalue weighted by Crippen LogP contribution is -2.24. The highest BCUT2D eigenvalue weighted by atomic mass is 32.2. The fourth-order valence-corrected chi connectivity index (χ4v) is 3.40. The van der Waals surface area contributed by atoms with E-state index in [0.717, 1.165) is 4.31 Å². The second-order valence-electron chi connectivity index (χ2n) is 6.01. The predicted octanol–water partition coefficient (Wildman–Crippen LogP) is 2.39. The molecule has 0 fully saturated rings. The number of rotatable bonds is 9. The minimum Gasteiger partial charge on any atom is -0.497 e. The number of benzene rings is 2. The van der Waals surface area contributed by atoms with Gasteiger partial charge < -0.3 is 20.1 Å². The number of nitrogens with one attached hydrogen (secondary N) is 2. The summed E-state index contributed by atoms with van der Waals surface area (Å²) in [5.41, 5.74) is 1.13. The third kappa shape index (κ3) is 5.37. The molecule has 2 aromatic carbocycles. The molecule has 152 valence electrons. The predicted molar refractivity (Wildman–Crippen MR) is 109 cm³/mol. The van der Waals surface area contributed by atoms with Crippen LogP contribution in [0.2, 0.25) is 0 Å². The second kappa shape index (κ2) is 9.43. The van der Waals surface area contributed by atoms with Crippen molar-refractivity contribution in [3.63, 3.8) is 0 Å². The molecule has 2 rings (SSSR count). The lowest BCUT2D eigenvalue weighted by molar-refractivity contribution is -0.114. The smallest absolute Gasteiger partial charge is 0.246 e. The Morgan fingerprint density at radius 3 is 2.29 bits per heavy atom. The number of hydrogen-bond donors (Lipinski definition) is 2. The Labute approximate surface area is 165 Å². The van der Waals surface area contributed by atoms with Crippen LogP contribution in [-0.2, 0) is 14.8 Å². The molecule has 0 heterocycles. The van der Waals surface area contributed by atoms with Crippen LogP contribution in [0.3, 0.4) is 0 Å². The third-order valence-corrected chi connectivity index (χ3v) is 5.67. The van der Waals surface area contributed by atoms with Crippen LogP contribution >= 0.6 is 0 Å². The van der Waals surface area contributed by atoms with Gasteiger partial charge >= 0.3 is 0 Å². The topological polar surface area (TPSA) is 97.0 Å². The first kappa shape index (κ1) is 21.5. The fourth-order valence-electron chi connectivity index (χ4n) is 2.35. The minimum atomic E-state index is -3.69. The van der Waals surface area contributed by atoms with Crippen molar-refractivity contribution in [2.75, 3.05) is 45.0 Å². The number of carbonyl (C=O) groups is 1. The van der Waals surface area contributed by atoms with Gasteiger partial charge in [0.05, 0.1) is 20.3 Å². The largest absolute Gasteiger partial charge is 0.497 e. The summed E-state index contributed by atoms with van der Waals surface area (Å²) < 4.78 is 36.7.